The quantitative estimate of drug-likeness (QED) is 0.406. The van der Waals surface area contributed by atoms with E-state index in [0.717, 1.165) is 0 Å². The molecule has 1 aromatic heterocycles. The minimum absolute atomic E-state index is 0.273. The first-order valence-corrected chi connectivity index (χ1v) is 8.27. The third-order valence-corrected chi connectivity index (χ3v) is 4.82. The number of aliphatic imine (C=N–C) groups is 1. The first-order valence-electron chi connectivity index (χ1n) is 5.01. The predicted molar refractivity (Wildman–Crippen MR) is 67.9 cm³/mol. The molecular formula is C8H15N2O7P2+. The van der Waals surface area contributed by atoms with Crippen LogP contribution >= 0.6 is 15.5 Å². The molecule has 0 saturated carbocycles. The van der Waals surface area contributed by atoms with Gasteiger partial charge in [0.15, 0.2) is 5.82 Å². The maximum atomic E-state index is 11.0. The molecule has 1 heterocycles. The van der Waals surface area contributed by atoms with Crippen molar-refractivity contribution >= 4 is 26.6 Å². The third-order valence-electron chi connectivity index (χ3n) is 1.98. The number of rotatable bonds is 3. The molecule has 0 saturated heterocycles. The van der Waals surface area contributed by atoms with Gasteiger partial charge in [0.1, 0.15) is 5.76 Å². The Morgan fingerprint density at radius 3 is 2.21 bits per heavy atom. The second-order valence-electron chi connectivity index (χ2n) is 4.82. The molecule has 0 atom stereocenters. The van der Waals surface area contributed by atoms with Crippen molar-refractivity contribution in [2.45, 2.75) is 26.2 Å². The van der Waals surface area contributed by atoms with E-state index in [4.69, 9.17) is 29.0 Å². The van der Waals surface area contributed by atoms with Crippen LogP contribution in [-0.2, 0) is 9.98 Å². The number of nitrogens with zero attached hydrogens (tertiary/aromatic N) is 2. The predicted octanol–water partition coefficient (Wildman–Crippen LogP) is 0.877. The summed E-state index contributed by atoms with van der Waals surface area (Å²) < 4.78 is 16.0. The highest BCUT2D eigenvalue weighted by Crippen LogP contribution is 2.61. The van der Waals surface area contributed by atoms with Crippen LogP contribution in [0, 0.1) is 0 Å². The lowest BCUT2D eigenvalue weighted by atomic mass is 9.93. The number of hydrogen-bond donors (Lipinski definition) is 5. The van der Waals surface area contributed by atoms with Crippen LogP contribution in [0.1, 0.15) is 26.5 Å². The van der Waals surface area contributed by atoms with Gasteiger partial charge in [-0.25, -0.2) is 4.57 Å². The lowest BCUT2D eigenvalue weighted by Crippen LogP contribution is -2.09. The maximum Gasteiger partial charge on any atom is 0.469 e. The van der Waals surface area contributed by atoms with E-state index in [-0.39, 0.29) is 5.82 Å². The fourth-order valence-corrected chi connectivity index (χ4v) is 2.95. The van der Waals surface area contributed by atoms with Crippen molar-refractivity contribution in [1.29, 1.82) is 0 Å². The van der Waals surface area contributed by atoms with Crippen LogP contribution in [0.4, 0.5) is 5.82 Å². The zero-order valence-electron chi connectivity index (χ0n) is 10.4. The van der Waals surface area contributed by atoms with Gasteiger partial charge < -0.3 is 14.3 Å². The van der Waals surface area contributed by atoms with E-state index in [1.54, 1.807) is 0 Å². The van der Waals surface area contributed by atoms with Gasteiger partial charge in [-0.15, -0.1) is 0 Å². The molecule has 0 amide bonds. The maximum absolute atomic E-state index is 11.0. The molecule has 0 aromatic carbocycles. The average Bonchev–Trinajstić information content (AvgIpc) is 2.57. The summed E-state index contributed by atoms with van der Waals surface area (Å²) in [5, 5.41) is 2.01. The Hall–Kier alpha value is -0.660. The molecule has 0 aliphatic rings. The van der Waals surface area contributed by atoms with Crippen molar-refractivity contribution in [1.82, 2.24) is 5.16 Å². The molecule has 11 heteroatoms. The van der Waals surface area contributed by atoms with Gasteiger partial charge in [0.2, 0.25) is 0 Å². The molecule has 0 bridgehead atoms. The van der Waals surface area contributed by atoms with Crippen LogP contribution in [0.2, 0.25) is 0 Å². The lowest BCUT2D eigenvalue weighted by Gasteiger charge is -2.11. The first-order chi connectivity index (χ1) is 8.32. The van der Waals surface area contributed by atoms with E-state index < -0.39 is 26.1 Å². The van der Waals surface area contributed by atoms with E-state index in [9.17, 15) is 4.57 Å². The van der Waals surface area contributed by atoms with Crippen molar-refractivity contribution in [3.8, 4) is 0 Å². The molecule has 5 N–H and O–H groups in total. The third kappa shape index (κ3) is 4.43. The van der Waals surface area contributed by atoms with E-state index in [1.165, 1.54) is 6.07 Å². The van der Waals surface area contributed by atoms with Crippen molar-refractivity contribution in [3.63, 3.8) is 0 Å². The van der Waals surface area contributed by atoms with E-state index >= 15 is 0 Å². The van der Waals surface area contributed by atoms with Crippen LogP contribution in [-0.4, -0.2) is 34.8 Å². The van der Waals surface area contributed by atoms with Crippen LogP contribution in [0.3, 0.4) is 0 Å². The molecule has 108 valence electrons. The molecule has 0 aliphatic heterocycles. The SMILES string of the molecule is CC(C)(C)c1cc(N=C(P(=O)(O)O)[P+](O)(O)O)no1. The minimum atomic E-state index is -5.13. The number of aromatic nitrogens is 1. The van der Waals surface area contributed by atoms with E-state index in [1.807, 2.05) is 20.8 Å². The van der Waals surface area contributed by atoms with Crippen molar-refractivity contribution in [3.05, 3.63) is 11.8 Å². The molecular weight excluding hydrogens is 298 g/mol. The van der Waals surface area contributed by atoms with Gasteiger partial charge in [0, 0.05) is 11.5 Å². The molecule has 19 heavy (non-hydrogen) atoms. The Labute approximate surface area is 109 Å². The smallest absolute Gasteiger partial charge is 0.359 e. The normalized spacial score (nSPS) is 14.8. The van der Waals surface area contributed by atoms with Gasteiger partial charge in [0.05, 0.1) is 0 Å². The zero-order valence-corrected chi connectivity index (χ0v) is 12.2. The van der Waals surface area contributed by atoms with Crippen molar-refractivity contribution in [2.24, 2.45) is 4.99 Å². The van der Waals surface area contributed by atoms with Crippen molar-refractivity contribution < 1.29 is 33.6 Å². The first kappa shape index (κ1) is 16.4. The highest BCUT2D eigenvalue weighted by molar-refractivity contribution is 8.00. The van der Waals surface area contributed by atoms with Gasteiger partial charge in [-0.1, -0.05) is 25.9 Å². The summed E-state index contributed by atoms with van der Waals surface area (Å²) in [6.07, 6.45) is 0. The summed E-state index contributed by atoms with van der Waals surface area (Å²) in [4.78, 5) is 48.1. The van der Waals surface area contributed by atoms with Crippen LogP contribution in [0.5, 0.6) is 0 Å². The summed E-state index contributed by atoms with van der Waals surface area (Å²) in [5.41, 5.74) is -0.410. The average molecular weight is 313 g/mol. The Kier molecular flexibility index (Phi) is 4.34. The molecule has 9 nitrogen and oxygen atoms in total. The van der Waals surface area contributed by atoms with Gasteiger partial charge >= 0.3 is 20.7 Å². The molecule has 0 aliphatic carbocycles. The molecule has 0 radical (unpaired) electrons. The Bertz CT molecular complexity index is 534. The summed E-state index contributed by atoms with van der Waals surface area (Å²) in [7, 11) is -10.1. The Balaban J connectivity index is 3.26. The van der Waals surface area contributed by atoms with E-state index in [0.29, 0.717) is 5.76 Å². The van der Waals surface area contributed by atoms with Crippen LogP contribution in [0.25, 0.3) is 0 Å². The lowest BCUT2D eigenvalue weighted by molar-refractivity contribution is 0.330. The zero-order chi connectivity index (χ0) is 15.1. The largest absolute Gasteiger partial charge is 0.469 e. The fourth-order valence-electron chi connectivity index (χ4n) is 1.08. The van der Waals surface area contributed by atoms with Gasteiger partial charge in [-0.2, -0.15) is 19.7 Å². The minimum Gasteiger partial charge on any atom is -0.359 e. The molecule has 0 fully saturated rings. The highest BCUT2D eigenvalue weighted by atomic mass is 31.3. The van der Waals surface area contributed by atoms with Crippen molar-refractivity contribution in [2.75, 3.05) is 0 Å². The summed E-state index contributed by atoms with van der Waals surface area (Å²) in [6, 6.07) is 1.28. The molecule has 1 aromatic rings. The topological polar surface area (TPSA) is 157 Å². The second kappa shape index (κ2) is 5.03. The molecule has 0 unspecified atom stereocenters. The monoisotopic (exact) mass is 313 g/mol. The summed E-state index contributed by atoms with van der Waals surface area (Å²) in [6.45, 7) is 5.44. The van der Waals surface area contributed by atoms with Gasteiger partial charge in [0.25, 0.3) is 0 Å². The van der Waals surface area contributed by atoms with Gasteiger partial charge in [-0.05, 0) is 0 Å². The Morgan fingerprint density at radius 1 is 1.37 bits per heavy atom. The second-order valence-corrected chi connectivity index (χ2v) is 8.25. The molecule has 1 rings (SSSR count). The Morgan fingerprint density at radius 2 is 1.89 bits per heavy atom. The van der Waals surface area contributed by atoms with E-state index in [2.05, 4.69) is 10.1 Å². The summed E-state index contributed by atoms with van der Waals surface area (Å²) >= 11 is 0. The standard InChI is InChI=1S/C8H14N2O7P2/c1-8(2,3)5-4-6(10-17-5)9-7(18(11,12)13)19(14,15)16/h4,11-13H,1-3H3,(H-,14,15,16)/p+1. The molecule has 0 spiro atoms. The van der Waals surface area contributed by atoms with Crippen LogP contribution < -0.4 is 0 Å². The van der Waals surface area contributed by atoms with Gasteiger partial charge in [-0.3, -0.25) is 0 Å². The van der Waals surface area contributed by atoms with Crippen LogP contribution in [0.15, 0.2) is 15.6 Å². The fraction of sp³-hybridized carbons (Fsp3) is 0.500. The highest BCUT2D eigenvalue weighted by Gasteiger charge is 2.52. The summed E-state index contributed by atoms with van der Waals surface area (Å²) in [5.74, 6) is 0.110. The number of hydrogen-bond acceptors (Lipinski definition) is 7.